The van der Waals surface area contributed by atoms with Gasteiger partial charge in [-0.2, -0.15) is 0 Å². The fourth-order valence-corrected chi connectivity index (χ4v) is 1.12. The van der Waals surface area contributed by atoms with Crippen LogP contribution in [0.2, 0.25) is 0 Å². The number of carbonyl (C=O) groups excluding carboxylic acids is 2. The summed E-state index contributed by atoms with van der Waals surface area (Å²) < 4.78 is 4.98. The van der Waals surface area contributed by atoms with Crippen molar-refractivity contribution < 1.29 is 14.3 Å². The normalized spacial score (nSPS) is 10.5. The van der Waals surface area contributed by atoms with Crippen molar-refractivity contribution in [1.29, 1.82) is 0 Å². The van der Waals surface area contributed by atoms with Gasteiger partial charge in [-0.25, -0.2) is 0 Å². The Morgan fingerprint density at radius 2 is 1.88 bits per heavy atom. The molecule has 5 heteroatoms. The molecule has 0 aliphatic rings. The van der Waals surface area contributed by atoms with E-state index in [-0.39, 0.29) is 37.1 Å². The maximum absolute atomic E-state index is 11.4. The summed E-state index contributed by atoms with van der Waals surface area (Å²) >= 11 is 0. The Labute approximate surface area is 103 Å². The van der Waals surface area contributed by atoms with Crippen molar-refractivity contribution in [3.05, 3.63) is 0 Å². The van der Waals surface area contributed by atoms with E-state index >= 15 is 0 Å². The van der Waals surface area contributed by atoms with Gasteiger partial charge in [-0.1, -0.05) is 27.2 Å². The van der Waals surface area contributed by atoms with E-state index in [0.717, 1.165) is 12.8 Å². The highest BCUT2D eigenvalue weighted by atomic mass is 35.5. The molecule has 96 valence electrons. The number of hydrogen-bond donors (Lipinski definition) is 1. The van der Waals surface area contributed by atoms with Crippen LogP contribution in [0.1, 0.15) is 40.0 Å². The molecule has 0 unspecified atom stereocenters. The minimum absolute atomic E-state index is 0. The first-order valence-electron chi connectivity index (χ1n) is 5.33. The maximum Gasteiger partial charge on any atom is 0.306 e. The van der Waals surface area contributed by atoms with Crippen LogP contribution in [0.3, 0.4) is 0 Å². The predicted molar refractivity (Wildman–Crippen MR) is 65.6 cm³/mol. The summed E-state index contributed by atoms with van der Waals surface area (Å²) in [6.45, 7) is 5.85. The predicted octanol–water partition coefficient (Wildman–Crippen LogP) is 1.70. The van der Waals surface area contributed by atoms with Crippen molar-refractivity contribution in [3.63, 3.8) is 0 Å². The molecule has 0 atom stereocenters. The van der Waals surface area contributed by atoms with E-state index in [0.29, 0.717) is 6.61 Å². The highest BCUT2D eigenvalue weighted by Gasteiger charge is 2.29. The Hall–Kier alpha value is -0.610. The first kappa shape index (κ1) is 17.8. The van der Waals surface area contributed by atoms with Crippen LogP contribution in [0.25, 0.3) is 0 Å². The lowest BCUT2D eigenvalue weighted by Gasteiger charge is -2.20. The molecule has 4 nitrogen and oxygen atoms in total. The highest BCUT2D eigenvalue weighted by molar-refractivity contribution is 5.89. The summed E-state index contributed by atoms with van der Waals surface area (Å²) in [6, 6.07) is 0. The van der Waals surface area contributed by atoms with Crippen molar-refractivity contribution in [1.82, 2.24) is 0 Å². The fourth-order valence-electron chi connectivity index (χ4n) is 1.12. The molecule has 0 amide bonds. The third kappa shape index (κ3) is 6.80. The molecule has 0 fully saturated rings. The number of hydrogen-bond acceptors (Lipinski definition) is 4. The van der Waals surface area contributed by atoms with Crippen LogP contribution in [0, 0.1) is 5.41 Å². The van der Waals surface area contributed by atoms with Crippen molar-refractivity contribution >= 4 is 24.2 Å². The van der Waals surface area contributed by atoms with Gasteiger partial charge in [0.15, 0.2) is 5.78 Å². The van der Waals surface area contributed by atoms with Gasteiger partial charge < -0.3 is 10.5 Å². The Kier molecular flexibility index (Phi) is 9.48. The average molecular weight is 252 g/mol. The Bertz CT molecular complexity index is 229. The van der Waals surface area contributed by atoms with E-state index in [1.807, 2.05) is 6.92 Å². The number of halogens is 1. The van der Waals surface area contributed by atoms with Gasteiger partial charge in [-0.15, -0.1) is 12.4 Å². The van der Waals surface area contributed by atoms with Crippen LogP contribution in [0.4, 0.5) is 0 Å². The standard InChI is InChI=1S/C11H21NO3.ClH/c1-4-5-6-15-10(14)7-11(2,3)9(13)8-12;/h4-8,12H2,1-3H3;1H. The zero-order chi connectivity index (χ0) is 11.9. The number of ketones is 1. The van der Waals surface area contributed by atoms with Gasteiger partial charge in [0.1, 0.15) is 0 Å². The molecule has 0 aromatic rings. The van der Waals surface area contributed by atoms with Gasteiger partial charge in [-0.3, -0.25) is 9.59 Å². The quantitative estimate of drug-likeness (QED) is 0.552. The third-order valence-corrected chi connectivity index (χ3v) is 2.29. The van der Waals surface area contributed by atoms with Crippen molar-refractivity contribution in [2.75, 3.05) is 13.2 Å². The number of Topliss-reactive ketones (excluding diaryl/α,β-unsaturated/α-hetero) is 1. The second-order valence-electron chi connectivity index (χ2n) is 4.26. The summed E-state index contributed by atoms with van der Waals surface area (Å²) in [6.07, 6.45) is 1.95. The lowest BCUT2D eigenvalue weighted by Crippen LogP contribution is -2.33. The maximum atomic E-state index is 11.4. The van der Waals surface area contributed by atoms with Gasteiger partial charge in [0.25, 0.3) is 0 Å². The van der Waals surface area contributed by atoms with Gasteiger partial charge in [0, 0.05) is 5.41 Å². The van der Waals surface area contributed by atoms with Gasteiger partial charge >= 0.3 is 5.97 Å². The summed E-state index contributed by atoms with van der Waals surface area (Å²) in [4.78, 5) is 22.7. The first-order valence-corrected chi connectivity index (χ1v) is 5.33. The fraction of sp³-hybridized carbons (Fsp3) is 0.818. The van der Waals surface area contributed by atoms with E-state index in [4.69, 9.17) is 10.5 Å². The van der Waals surface area contributed by atoms with Crippen LogP contribution >= 0.6 is 12.4 Å². The van der Waals surface area contributed by atoms with E-state index in [1.54, 1.807) is 13.8 Å². The number of ether oxygens (including phenoxy) is 1. The lowest BCUT2D eigenvalue weighted by molar-refractivity contribution is -0.148. The molecule has 0 aliphatic heterocycles. The summed E-state index contributed by atoms with van der Waals surface area (Å²) in [7, 11) is 0. The number of carbonyl (C=O) groups is 2. The monoisotopic (exact) mass is 251 g/mol. The van der Waals surface area contributed by atoms with Gasteiger partial charge in [0.2, 0.25) is 0 Å². The largest absolute Gasteiger partial charge is 0.466 e. The SMILES string of the molecule is CCCCOC(=O)CC(C)(C)C(=O)CN.Cl. The number of unbranched alkanes of at least 4 members (excludes halogenated alkanes) is 1. The number of rotatable bonds is 7. The molecule has 0 radical (unpaired) electrons. The second kappa shape index (κ2) is 8.53. The zero-order valence-corrected chi connectivity index (χ0v) is 11.1. The molecule has 0 bridgehead atoms. The van der Waals surface area contributed by atoms with Crippen LogP contribution in [0.5, 0.6) is 0 Å². The zero-order valence-electron chi connectivity index (χ0n) is 10.2. The van der Waals surface area contributed by atoms with Crippen molar-refractivity contribution in [2.45, 2.75) is 40.0 Å². The molecule has 0 rings (SSSR count). The van der Waals surface area contributed by atoms with E-state index < -0.39 is 5.41 Å². The van der Waals surface area contributed by atoms with Gasteiger partial charge in [-0.05, 0) is 6.42 Å². The molecule has 0 spiro atoms. The Balaban J connectivity index is 0. The summed E-state index contributed by atoms with van der Waals surface area (Å²) in [5.74, 6) is -0.440. The molecule has 0 heterocycles. The van der Waals surface area contributed by atoms with Crippen molar-refractivity contribution in [2.24, 2.45) is 11.1 Å². The van der Waals surface area contributed by atoms with Crippen LogP contribution in [-0.2, 0) is 14.3 Å². The average Bonchev–Trinajstić information content (AvgIpc) is 2.16. The smallest absolute Gasteiger partial charge is 0.306 e. The van der Waals surface area contributed by atoms with E-state index in [9.17, 15) is 9.59 Å². The van der Waals surface area contributed by atoms with Gasteiger partial charge in [0.05, 0.1) is 19.6 Å². The molecule has 0 saturated heterocycles. The Morgan fingerprint density at radius 1 is 1.31 bits per heavy atom. The molecule has 0 saturated carbocycles. The molecule has 0 aromatic heterocycles. The third-order valence-electron chi connectivity index (χ3n) is 2.29. The summed E-state index contributed by atoms with van der Waals surface area (Å²) in [5, 5.41) is 0. The molecular weight excluding hydrogens is 230 g/mol. The highest BCUT2D eigenvalue weighted by Crippen LogP contribution is 2.21. The van der Waals surface area contributed by atoms with Crippen LogP contribution in [-0.4, -0.2) is 24.9 Å². The molecule has 2 N–H and O–H groups in total. The van der Waals surface area contributed by atoms with E-state index in [1.165, 1.54) is 0 Å². The van der Waals surface area contributed by atoms with Crippen LogP contribution < -0.4 is 5.73 Å². The number of esters is 1. The second-order valence-corrected chi connectivity index (χ2v) is 4.26. The first-order chi connectivity index (χ1) is 6.94. The molecule has 0 aromatic carbocycles. The number of nitrogens with two attached hydrogens (primary N) is 1. The Morgan fingerprint density at radius 3 is 2.31 bits per heavy atom. The van der Waals surface area contributed by atoms with Crippen LogP contribution in [0.15, 0.2) is 0 Å². The minimum Gasteiger partial charge on any atom is -0.466 e. The molecule has 16 heavy (non-hydrogen) atoms. The minimum atomic E-state index is -0.710. The molecule has 0 aliphatic carbocycles. The van der Waals surface area contributed by atoms with E-state index in [2.05, 4.69) is 0 Å². The lowest BCUT2D eigenvalue weighted by atomic mass is 9.84. The molecular formula is C11H22ClNO3. The van der Waals surface area contributed by atoms with Crippen molar-refractivity contribution in [3.8, 4) is 0 Å². The topological polar surface area (TPSA) is 69.4 Å². The summed E-state index contributed by atoms with van der Waals surface area (Å²) in [5.41, 5.74) is 4.54.